The predicted molar refractivity (Wildman–Crippen MR) is 104 cm³/mol. The molecule has 0 unspecified atom stereocenters. The van der Waals surface area contributed by atoms with Gasteiger partial charge in [0.2, 0.25) is 0 Å². The van der Waals surface area contributed by atoms with E-state index in [2.05, 4.69) is 10.3 Å². The van der Waals surface area contributed by atoms with Gasteiger partial charge in [0.25, 0.3) is 5.91 Å². The smallest absolute Gasteiger partial charge is 0.275 e. The molecule has 0 atom stereocenters. The van der Waals surface area contributed by atoms with Crippen molar-refractivity contribution in [1.82, 2.24) is 4.98 Å². The zero-order chi connectivity index (χ0) is 17.4. The van der Waals surface area contributed by atoms with E-state index in [1.807, 2.05) is 6.92 Å². The number of aromatic nitrogens is 1. The number of hydrogen-bond donors (Lipinski definition) is 2. The Kier molecular flexibility index (Phi) is 9.77. The van der Waals surface area contributed by atoms with E-state index in [1.54, 1.807) is 23.6 Å². The molecule has 1 aromatic carbocycles. The molecule has 138 valence electrons. The van der Waals surface area contributed by atoms with Gasteiger partial charge in [0.05, 0.1) is 17.3 Å². The van der Waals surface area contributed by atoms with Gasteiger partial charge in [-0.3, -0.25) is 4.79 Å². The number of ether oxygens (including phenoxy) is 2. The molecular formula is C16H21Cl2N3O3S. The lowest BCUT2D eigenvalue weighted by Crippen LogP contribution is -2.14. The fourth-order valence-electron chi connectivity index (χ4n) is 1.92. The summed E-state index contributed by atoms with van der Waals surface area (Å²) in [5.41, 5.74) is 6.35. The molecule has 25 heavy (non-hydrogen) atoms. The van der Waals surface area contributed by atoms with Gasteiger partial charge in [0, 0.05) is 23.4 Å². The van der Waals surface area contributed by atoms with Crippen LogP contribution in [0.5, 0.6) is 5.75 Å². The van der Waals surface area contributed by atoms with Crippen LogP contribution in [0.4, 0.5) is 5.69 Å². The van der Waals surface area contributed by atoms with Gasteiger partial charge < -0.3 is 20.5 Å². The monoisotopic (exact) mass is 405 g/mol. The van der Waals surface area contributed by atoms with Crippen LogP contribution in [0.25, 0.3) is 0 Å². The summed E-state index contributed by atoms with van der Waals surface area (Å²) in [7, 11) is 0. The first-order chi connectivity index (χ1) is 11.6. The summed E-state index contributed by atoms with van der Waals surface area (Å²) in [6.45, 7) is 3.90. The maximum Gasteiger partial charge on any atom is 0.275 e. The number of amides is 1. The number of halogens is 2. The van der Waals surface area contributed by atoms with Crippen LogP contribution in [-0.2, 0) is 11.2 Å². The Labute approximate surface area is 162 Å². The lowest BCUT2D eigenvalue weighted by atomic mass is 10.2. The van der Waals surface area contributed by atoms with Crippen LogP contribution < -0.4 is 15.8 Å². The van der Waals surface area contributed by atoms with E-state index in [0.717, 1.165) is 5.01 Å². The van der Waals surface area contributed by atoms with Gasteiger partial charge >= 0.3 is 0 Å². The Morgan fingerprint density at radius 3 is 2.92 bits per heavy atom. The molecule has 1 heterocycles. The van der Waals surface area contributed by atoms with Crippen molar-refractivity contribution in [2.75, 3.05) is 31.7 Å². The number of nitrogens with two attached hydrogens (primary N) is 1. The van der Waals surface area contributed by atoms with Crippen molar-refractivity contribution in [3.05, 3.63) is 39.3 Å². The summed E-state index contributed by atoms with van der Waals surface area (Å²) < 4.78 is 10.9. The number of benzene rings is 1. The molecule has 1 amide bonds. The minimum Gasteiger partial charge on any atom is -0.489 e. The number of carbonyl (C=O) groups is 1. The molecule has 9 heteroatoms. The molecule has 0 aliphatic heterocycles. The fourth-order valence-corrected chi connectivity index (χ4v) is 2.89. The van der Waals surface area contributed by atoms with Crippen molar-refractivity contribution in [3.63, 3.8) is 0 Å². The quantitative estimate of drug-likeness (QED) is 0.624. The molecule has 0 spiro atoms. The third-order valence-electron chi connectivity index (χ3n) is 3.02. The van der Waals surface area contributed by atoms with E-state index in [9.17, 15) is 4.79 Å². The number of rotatable bonds is 9. The highest BCUT2D eigenvalue weighted by molar-refractivity contribution is 7.09. The number of anilines is 1. The van der Waals surface area contributed by atoms with Gasteiger partial charge in [-0.25, -0.2) is 4.98 Å². The van der Waals surface area contributed by atoms with E-state index in [1.165, 1.54) is 11.3 Å². The van der Waals surface area contributed by atoms with E-state index in [-0.39, 0.29) is 18.3 Å². The van der Waals surface area contributed by atoms with Crippen molar-refractivity contribution in [3.8, 4) is 5.75 Å². The number of thiazole rings is 1. The molecular weight excluding hydrogens is 385 g/mol. The molecule has 2 rings (SSSR count). The second-order valence-electron chi connectivity index (χ2n) is 4.81. The lowest BCUT2D eigenvalue weighted by molar-refractivity contribution is 0.102. The van der Waals surface area contributed by atoms with Crippen molar-refractivity contribution in [2.24, 2.45) is 5.73 Å². The molecule has 0 bridgehead atoms. The molecule has 0 aliphatic carbocycles. The highest BCUT2D eigenvalue weighted by atomic mass is 35.5. The summed E-state index contributed by atoms with van der Waals surface area (Å²) in [4.78, 5) is 16.6. The molecule has 6 nitrogen and oxygen atoms in total. The fraction of sp³-hybridized carbons (Fsp3) is 0.375. The minimum absolute atomic E-state index is 0. The molecule has 0 saturated carbocycles. The van der Waals surface area contributed by atoms with E-state index in [4.69, 9.17) is 26.8 Å². The second-order valence-corrected chi connectivity index (χ2v) is 6.18. The topological polar surface area (TPSA) is 86.5 Å². The molecule has 0 radical (unpaired) electrons. The van der Waals surface area contributed by atoms with Crippen LogP contribution in [0.2, 0.25) is 5.02 Å². The Balaban J connectivity index is 0.00000312. The molecule has 0 saturated heterocycles. The zero-order valence-corrected chi connectivity index (χ0v) is 16.2. The highest BCUT2D eigenvalue weighted by Gasteiger charge is 2.14. The maximum atomic E-state index is 12.3. The molecule has 2 aromatic rings. The van der Waals surface area contributed by atoms with Gasteiger partial charge in [0.15, 0.2) is 0 Å². The predicted octanol–water partition coefficient (Wildman–Crippen LogP) is 3.39. The number of carbonyl (C=O) groups excluding carboxylic acids is 1. The summed E-state index contributed by atoms with van der Waals surface area (Å²) in [5.74, 6) is 0.219. The minimum atomic E-state index is -0.313. The highest BCUT2D eigenvalue weighted by Crippen LogP contribution is 2.28. The number of hydrogen-bond acceptors (Lipinski definition) is 6. The van der Waals surface area contributed by atoms with Gasteiger partial charge in [0.1, 0.15) is 18.1 Å². The average Bonchev–Trinajstić information content (AvgIpc) is 3.02. The van der Waals surface area contributed by atoms with Crippen molar-refractivity contribution < 1.29 is 14.3 Å². The Morgan fingerprint density at radius 2 is 2.20 bits per heavy atom. The standard InChI is InChI=1S/C16H20ClN3O3S.ClH/c1-2-22-7-8-23-14-4-3-11(17)9-12(14)20-16(21)13-10-24-15(19-13)5-6-18;/h3-4,9-10H,2,5-8,18H2,1H3,(H,20,21);1H. The van der Waals surface area contributed by atoms with Gasteiger partial charge in [-0.05, 0) is 31.7 Å². The summed E-state index contributed by atoms with van der Waals surface area (Å²) in [5, 5.41) is 5.84. The van der Waals surface area contributed by atoms with Crippen LogP contribution in [0, 0.1) is 0 Å². The van der Waals surface area contributed by atoms with Gasteiger partial charge in [-0.2, -0.15) is 0 Å². The first kappa shape index (κ1) is 21.7. The van der Waals surface area contributed by atoms with Gasteiger partial charge in [-0.15, -0.1) is 23.7 Å². The first-order valence-corrected chi connectivity index (χ1v) is 8.85. The summed E-state index contributed by atoms with van der Waals surface area (Å²) >= 11 is 7.43. The largest absolute Gasteiger partial charge is 0.489 e. The van der Waals surface area contributed by atoms with Crippen LogP contribution in [0.3, 0.4) is 0 Å². The van der Waals surface area contributed by atoms with Gasteiger partial charge in [-0.1, -0.05) is 11.6 Å². The van der Waals surface area contributed by atoms with Crippen molar-refractivity contribution in [2.45, 2.75) is 13.3 Å². The number of nitrogens with one attached hydrogen (secondary N) is 1. The van der Waals surface area contributed by atoms with E-state index in [0.29, 0.717) is 54.9 Å². The SMILES string of the molecule is CCOCCOc1ccc(Cl)cc1NC(=O)c1csc(CCN)n1.Cl. The van der Waals surface area contributed by atoms with Crippen LogP contribution in [-0.4, -0.2) is 37.3 Å². The maximum absolute atomic E-state index is 12.3. The van der Waals surface area contributed by atoms with Crippen LogP contribution >= 0.6 is 35.3 Å². The van der Waals surface area contributed by atoms with E-state index < -0.39 is 0 Å². The molecule has 1 aromatic heterocycles. The second kappa shape index (κ2) is 11.3. The van der Waals surface area contributed by atoms with Crippen molar-refractivity contribution >= 4 is 46.9 Å². The van der Waals surface area contributed by atoms with Crippen molar-refractivity contribution in [1.29, 1.82) is 0 Å². The number of nitrogens with zero attached hydrogens (tertiary/aromatic N) is 1. The third-order valence-corrected chi connectivity index (χ3v) is 4.17. The molecule has 3 N–H and O–H groups in total. The van der Waals surface area contributed by atoms with Crippen LogP contribution in [0.1, 0.15) is 22.4 Å². The zero-order valence-electron chi connectivity index (χ0n) is 13.8. The Morgan fingerprint density at radius 1 is 1.40 bits per heavy atom. The Hall–Kier alpha value is -1.38. The molecule has 0 aliphatic rings. The third kappa shape index (κ3) is 6.80. The lowest BCUT2D eigenvalue weighted by Gasteiger charge is -2.12. The normalized spacial score (nSPS) is 10.2. The van der Waals surface area contributed by atoms with Crippen LogP contribution in [0.15, 0.2) is 23.6 Å². The first-order valence-electron chi connectivity index (χ1n) is 7.60. The summed E-state index contributed by atoms with van der Waals surface area (Å²) in [6, 6.07) is 5.06. The molecule has 0 fully saturated rings. The average molecular weight is 406 g/mol. The van der Waals surface area contributed by atoms with E-state index >= 15 is 0 Å². The Bertz CT molecular complexity index is 682. The summed E-state index contributed by atoms with van der Waals surface area (Å²) in [6.07, 6.45) is 0.654.